The fourth-order valence-corrected chi connectivity index (χ4v) is 2.42. The van der Waals surface area contributed by atoms with Gasteiger partial charge in [0, 0.05) is 18.8 Å². The molecule has 10 nitrogen and oxygen atoms in total. The molecule has 0 atom stereocenters. The van der Waals surface area contributed by atoms with E-state index in [4.69, 9.17) is 9.15 Å². The van der Waals surface area contributed by atoms with E-state index in [0.717, 1.165) is 11.8 Å². The van der Waals surface area contributed by atoms with Crippen molar-refractivity contribution in [3.8, 4) is 0 Å². The molecule has 2 aromatic rings. The molecular formula is C15H17N5O5. The number of nitrogens with one attached hydrogen (secondary N) is 1. The van der Waals surface area contributed by atoms with E-state index >= 15 is 0 Å². The van der Waals surface area contributed by atoms with Crippen LogP contribution in [0.1, 0.15) is 21.9 Å². The van der Waals surface area contributed by atoms with Gasteiger partial charge in [0.25, 0.3) is 5.91 Å². The van der Waals surface area contributed by atoms with Crippen molar-refractivity contribution in [2.24, 2.45) is 0 Å². The van der Waals surface area contributed by atoms with Crippen LogP contribution in [-0.2, 0) is 11.3 Å². The highest BCUT2D eigenvalue weighted by atomic mass is 16.6. The predicted molar refractivity (Wildman–Crippen MR) is 86.3 cm³/mol. The fourth-order valence-electron chi connectivity index (χ4n) is 2.42. The summed E-state index contributed by atoms with van der Waals surface area (Å²) < 4.78 is 10.2. The third-order valence-corrected chi connectivity index (χ3v) is 3.61. The van der Waals surface area contributed by atoms with E-state index in [9.17, 15) is 14.9 Å². The van der Waals surface area contributed by atoms with E-state index in [1.807, 2.05) is 11.8 Å². The van der Waals surface area contributed by atoms with E-state index in [2.05, 4.69) is 15.3 Å². The van der Waals surface area contributed by atoms with Crippen LogP contribution in [0.4, 0.5) is 11.8 Å². The van der Waals surface area contributed by atoms with Crippen LogP contribution >= 0.6 is 0 Å². The van der Waals surface area contributed by atoms with E-state index < -0.39 is 16.7 Å². The summed E-state index contributed by atoms with van der Waals surface area (Å²) in [6.07, 6.45) is 0. The van der Waals surface area contributed by atoms with Crippen LogP contribution in [-0.4, -0.2) is 47.1 Å². The van der Waals surface area contributed by atoms with E-state index in [-0.39, 0.29) is 12.3 Å². The van der Waals surface area contributed by atoms with Gasteiger partial charge in [0.1, 0.15) is 4.92 Å². The molecule has 1 aliphatic rings. The van der Waals surface area contributed by atoms with Gasteiger partial charge in [-0.25, -0.2) is 9.97 Å². The second kappa shape index (κ2) is 7.26. The number of carbonyl (C=O) groups excluding carboxylic acids is 1. The lowest BCUT2D eigenvalue weighted by atomic mass is 10.3. The van der Waals surface area contributed by atoms with Crippen molar-refractivity contribution in [1.82, 2.24) is 15.3 Å². The molecule has 0 spiro atoms. The maximum atomic E-state index is 12.0. The monoisotopic (exact) mass is 347 g/mol. The number of morpholine rings is 1. The minimum atomic E-state index is -0.695. The number of ether oxygens (including phenoxy) is 1. The van der Waals surface area contributed by atoms with Gasteiger partial charge in [-0.15, -0.1) is 0 Å². The maximum absolute atomic E-state index is 12.0. The fraction of sp³-hybridized carbons (Fsp3) is 0.400. The minimum Gasteiger partial charge on any atom is -0.395 e. The summed E-state index contributed by atoms with van der Waals surface area (Å²) in [5, 5.41) is 13.2. The molecule has 1 saturated heterocycles. The highest BCUT2D eigenvalue weighted by Crippen LogP contribution is 2.16. The average molecular weight is 347 g/mol. The van der Waals surface area contributed by atoms with Gasteiger partial charge in [0.15, 0.2) is 5.76 Å². The summed E-state index contributed by atoms with van der Waals surface area (Å²) in [6, 6.07) is 4.17. The molecule has 1 aliphatic heterocycles. The number of aryl methyl sites for hydroxylation is 1. The molecular weight excluding hydrogens is 330 g/mol. The molecule has 0 unspecified atom stereocenters. The number of rotatable bonds is 5. The first-order valence-corrected chi connectivity index (χ1v) is 7.72. The van der Waals surface area contributed by atoms with Crippen molar-refractivity contribution < 1.29 is 18.9 Å². The zero-order valence-corrected chi connectivity index (χ0v) is 13.6. The van der Waals surface area contributed by atoms with E-state index in [1.165, 1.54) is 6.07 Å². The molecule has 0 aliphatic carbocycles. The lowest BCUT2D eigenvalue weighted by Gasteiger charge is -2.27. The average Bonchev–Trinajstić information content (AvgIpc) is 3.10. The largest absolute Gasteiger partial charge is 0.433 e. The Kier molecular flexibility index (Phi) is 4.89. The Hall–Kier alpha value is -3.01. The van der Waals surface area contributed by atoms with Crippen LogP contribution in [0.15, 0.2) is 22.6 Å². The normalized spacial score (nSPS) is 14.4. The molecule has 0 aromatic carbocycles. The van der Waals surface area contributed by atoms with E-state index in [0.29, 0.717) is 37.9 Å². The first kappa shape index (κ1) is 16.8. The van der Waals surface area contributed by atoms with Gasteiger partial charge < -0.3 is 19.4 Å². The van der Waals surface area contributed by atoms with Gasteiger partial charge in [-0.1, -0.05) is 0 Å². The Bertz CT molecular complexity index is 784. The Balaban J connectivity index is 1.66. The Morgan fingerprint density at radius 3 is 2.80 bits per heavy atom. The van der Waals surface area contributed by atoms with Crippen LogP contribution in [0.3, 0.4) is 0 Å². The second-order valence-electron chi connectivity index (χ2n) is 5.48. The zero-order chi connectivity index (χ0) is 17.8. The van der Waals surface area contributed by atoms with Gasteiger partial charge in [-0.2, -0.15) is 0 Å². The van der Waals surface area contributed by atoms with Crippen molar-refractivity contribution in [3.05, 3.63) is 45.5 Å². The van der Waals surface area contributed by atoms with Crippen molar-refractivity contribution in [2.45, 2.75) is 13.5 Å². The molecule has 1 amide bonds. The number of carbonyl (C=O) groups is 1. The molecule has 0 bridgehead atoms. The number of furan rings is 1. The summed E-state index contributed by atoms with van der Waals surface area (Å²) in [5.74, 6) is -0.540. The number of nitrogens with zero attached hydrogens (tertiary/aromatic N) is 4. The molecule has 1 fully saturated rings. The summed E-state index contributed by atoms with van der Waals surface area (Å²) in [7, 11) is 0. The molecule has 25 heavy (non-hydrogen) atoms. The number of anilines is 1. The van der Waals surface area contributed by atoms with Gasteiger partial charge in [-0.3, -0.25) is 14.9 Å². The lowest BCUT2D eigenvalue weighted by Crippen LogP contribution is -2.37. The molecule has 0 radical (unpaired) electrons. The Morgan fingerprint density at radius 1 is 1.36 bits per heavy atom. The van der Waals surface area contributed by atoms with Gasteiger partial charge in [-0.05, 0) is 19.1 Å². The number of nitro groups is 1. The maximum Gasteiger partial charge on any atom is 0.433 e. The zero-order valence-electron chi connectivity index (χ0n) is 13.6. The van der Waals surface area contributed by atoms with Gasteiger partial charge in [0.05, 0.1) is 31.5 Å². The third-order valence-electron chi connectivity index (χ3n) is 3.61. The number of hydrogen-bond donors (Lipinski definition) is 1. The molecule has 3 rings (SSSR count). The van der Waals surface area contributed by atoms with Crippen LogP contribution in [0.2, 0.25) is 0 Å². The molecule has 0 saturated carbocycles. The molecule has 10 heteroatoms. The second-order valence-corrected chi connectivity index (χ2v) is 5.48. The Morgan fingerprint density at radius 2 is 2.12 bits per heavy atom. The lowest BCUT2D eigenvalue weighted by molar-refractivity contribution is -0.402. The quantitative estimate of drug-likeness (QED) is 0.629. The van der Waals surface area contributed by atoms with Crippen molar-refractivity contribution in [3.63, 3.8) is 0 Å². The van der Waals surface area contributed by atoms with Crippen LogP contribution in [0.5, 0.6) is 0 Å². The first-order chi connectivity index (χ1) is 12.0. The number of aromatic nitrogens is 2. The standard InChI is InChI=1S/C15H17N5O5/c1-10-8-11(18-15(17-10)19-4-6-24-7-5-19)9-16-14(21)12-2-3-13(25-12)20(22)23/h2-3,8H,4-7,9H2,1H3,(H,16,21). The molecule has 3 heterocycles. The highest BCUT2D eigenvalue weighted by Gasteiger charge is 2.18. The summed E-state index contributed by atoms with van der Waals surface area (Å²) >= 11 is 0. The van der Waals surface area contributed by atoms with Crippen LogP contribution in [0, 0.1) is 17.0 Å². The summed E-state index contributed by atoms with van der Waals surface area (Å²) in [5.41, 5.74) is 1.43. The highest BCUT2D eigenvalue weighted by molar-refractivity contribution is 5.91. The van der Waals surface area contributed by atoms with Crippen molar-refractivity contribution in [1.29, 1.82) is 0 Å². The first-order valence-electron chi connectivity index (χ1n) is 7.72. The summed E-state index contributed by atoms with van der Waals surface area (Å²) in [4.78, 5) is 32.8. The van der Waals surface area contributed by atoms with Gasteiger partial charge in [0.2, 0.25) is 5.95 Å². The smallest absolute Gasteiger partial charge is 0.395 e. The van der Waals surface area contributed by atoms with Crippen LogP contribution in [0.25, 0.3) is 0 Å². The predicted octanol–water partition coefficient (Wildman–Crippen LogP) is 1.05. The van der Waals surface area contributed by atoms with Crippen molar-refractivity contribution >= 4 is 17.7 Å². The Labute approximate surface area is 143 Å². The summed E-state index contributed by atoms with van der Waals surface area (Å²) in [6.45, 7) is 4.69. The third kappa shape index (κ3) is 4.10. The molecule has 132 valence electrons. The van der Waals surface area contributed by atoms with Crippen molar-refractivity contribution in [2.75, 3.05) is 31.2 Å². The number of amides is 1. The topological polar surface area (TPSA) is 124 Å². The minimum absolute atomic E-state index is 0.120. The SMILES string of the molecule is Cc1cc(CNC(=O)c2ccc([N+](=O)[O-])o2)nc(N2CCOCC2)n1. The van der Waals surface area contributed by atoms with Gasteiger partial charge >= 0.3 is 5.88 Å². The van der Waals surface area contributed by atoms with Crippen LogP contribution < -0.4 is 10.2 Å². The van der Waals surface area contributed by atoms with E-state index in [1.54, 1.807) is 6.07 Å². The molecule has 2 aromatic heterocycles. The molecule has 1 N–H and O–H groups in total. The number of hydrogen-bond acceptors (Lipinski definition) is 8.